The number of hydrogen-bond donors (Lipinski definition) is 1. The summed E-state index contributed by atoms with van der Waals surface area (Å²) in [7, 11) is -3.73. The van der Waals surface area contributed by atoms with E-state index in [2.05, 4.69) is 5.32 Å². The van der Waals surface area contributed by atoms with Gasteiger partial charge in [0.1, 0.15) is 6.04 Å². The molecule has 1 saturated heterocycles. The lowest BCUT2D eigenvalue weighted by molar-refractivity contribution is -0.120. The molecular weight excluding hydrogens is 408 g/mol. The molecule has 0 aromatic heterocycles. The number of amides is 1. The zero-order chi connectivity index (χ0) is 21.7. The molecule has 0 unspecified atom stereocenters. The first-order chi connectivity index (χ1) is 15.1. The maximum atomic E-state index is 13.2. The van der Waals surface area contributed by atoms with Gasteiger partial charge >= 0.3 is 0 Å². The second-order valence-corrected chi connectivity index (χ2v) is 9.64. The summed E-state index contributed by atoms with van der Waals surface area (Å²) in [5, 5.41) is 3.01. The van der Waals surface area contributed by atoms with Crippen molar-refractivity contribution in [2.75, 3.05) is 11.9 Å². The van der Waals surface area contributed by atoms with E-state index in [0.29, 0.717) is 19.4 Å². The van der Waals surface area contributed by atoms with Crippen molar-refractivity contribution in [3.05, 3.63) is 96.1 Å². The Balaban J connectivity index is 1.56. The highest BCUT2D eigenvalue weighted by molar-refractivity contribution is 7.89. The number of nitrogens with zero attached hydrogens (tertiary/aromatic N) is 1. The van der Waals surface area contributed by atoms with Crippen molar-refractivity contribution >= 4 is 21.6 Å². The van der Waals surface area contributed by atoms with E-state index in [1.54, 1.807) is 30.3 Å². The number of carbonyl (C=O) groups excluding carboxylic acids is 1. The molecule has 1 N–H and O–H groups in total. The molecule has 160 valence electrons. The molecule has 5 nitrogen and oxygen atoms in total. The van der Waals surface area contributed by atoms with Gasteiger partial charge in [0.05, 0.1) is 4.90 Å². The summed E-state index contributed by atoms with van der Waals surface area (Å²) in [6.07, 6.45) is 2.78. The molecule has 31 heavy (non-hydrogen) atoms. The standard InChI is InChI=1S/C25H26N2O3S/c28-25(26-23-16-8-7-13-21(23)19-20-11-3-1-4-12-20)24-17-9-10-18-27(24)31(29,30)22-14-5-2-6-15-22/h1-8,11-16,24H,9-10,17-19H2,(H,26,28)/t24-/m1/s1. The number of para-hydroxylation sites is 1. The van der Waals surface area contributed by atoms with E-state index in [0.717, 1.165) is 29.7 Å². The molecule has 3 aromatic carbocycles. The van der Waals surface area contributed by atoms with Crippen LogP contribution in [0.1, 0.15) is 30.4 Å². The number of carbonyl (C=O) groups is 1. The lowest BCUT2D eigenvalue weighted by Gasteiger charge is -2.33. The van der Waals surface area contributed by atoms with Crippen molar-refractivity contribution in [2.24, 2.45) is 0 Å². The first-order valence-electron chi connectivity index (χ1n) is 10.6. The van der Waals surface area contributed by atoms with Crippen LogP contribution in [0.4, 0.5) is 5.69 Å². The van der Waals surface area contributed by atoms with Crippen LogP contribution in [0.3, 0.4) is 0 Å². The zero-order valence-electron chi connectivity index (χ0n) is 17.3. The number of benzene rings is 3. The Kier molecular flexibility index (Phi) is 6.49. The topological polar surface area (TPSA) is 66.5 Å². The van der Waals surface area contributed by atoms with Crippen molar-refractivity contribution in [3.8, 4) is 0 Å². The van der Waals surface area contributed by atoms with Crippen LogP contribution >= 0.6 is 0 Å². The van der Waals surface area contributed by atoms with Crippen molar-refractivity contribution in [3.63, 3.8) is 0 Å². The van der Waals surface area contributed by atoms with Crippen LogP contribution in [0.2, 0.25) is 0 Å². The molecule has 0 bridgehead atoms. The zero-order valence-corrected chi connectivity index (χ0v) is 18.1. The van der Waals surface area contributed by atoms with Gasteiger partial charge in [-0.15, -0.1) is 0 Å². The van der Waals surface area contributed by atoms with E-state index in [1.807, 2.05) is 54.6 Å². The molecule has 0 aliphatic carbocycles. The van der Waals surface area contributed by atoms with Crippen LogP contribution in [0, 0.1) is 0 Å². The largest absolute Gasteiger partial charge is 0.324 e. The van der Waals surface area contributed by atoms with Crippen molar-refractivity contribution < 1.29 is 13.2 Å². The minimum absolute atomic E-state index is 0.221. The Morgan fingerprint density at radius 3 is 2.26 bits per heavy atom. The maximum absolute atomic E-state index is 13.2. The minimum Gasteiger partial charge on any atom is -0.324 e. The molecular formula is C25H26N2O3S. The third kappa shape index (κ3) is 4.86. The molecule has 1 fully saturated rings. The van der Waals surface area contributed by atoms with Crippen LogP contribution in [0.5, 0.6) is 0 Å². The van der Waals surface area contributed by atoms with E-state index >= 15 is 0 Å². The summed E-state index contributed by atoms with van der Waals surface area (Å²) < 4.78 is 27.8. The Bertz CT molecular complexity index is 1130. The molecule has 6 heteroatoms. The first-order valence-corrected chi connectivity index (χ1v) is 12.0. The molecule has 1 amide bonds. The van der Waals surface area contributed by atoms with Gasteiger partial charge in [0, 0.05) is 12.2 Å². The lowest BCUT2D eigenvalue weighted by atomic mass is 10.0. The van der Waals surface area contributed by atoms with Crippen molar-refractivity contribution in [1.82, 2.24) is 4.31 Å². The fourth-order valence-electron chi connectivity index (χ4n) is 4.01. The van der Waals surface area contributed by atoms with Crippen molar-refractivity contribution in [2.45, 2.75) is 36.6 Å². The van der Waals surface area contributed by atoms with Crippen LogP contribution in [0.15, 0.2) is 89.8 Å². The number of sulfonamides is 1. The summed E-state index contributed by atoms with van der Waals surface area (Å²) in [6.45, 7) is 0.348. The smallest absolute Gasteiger partial charge is 0.243 e. The molecule has 1 aliphatic rings. The van der Waals surface area contributed by atoms with Crippen LogP contribution in [0.25, 0.3) is 0 Å². The highest BCUT2D eigenvalue weighted by Crippen LogP contribution is 2.27. The first kappa shape index (κ1) is 21.3. The van der Waals surface area contributed by atoms with Gasteiger partial charge in [-0.2, -0.15) is 4.31 Å². The van der Waals surface area contributed by atoms with E-state index in [4.69, 9.17) is 0 Å². The van der Waals surface area contributed by atoms with Crippen LogP contribution in [-0.2, 0) is 21.2 Å². The predicted octanol–water partition coefficient (Wildman–Crippen LogP) is 4.46. The molecule has 4 rings (SSSR count). The predicted molar refractivity (Wildman–Crippen MR) is 122 cm³/mol. The van der Waals surface area contributed by atoms with Crippen LogP contribution < -0.4 is 5.32 Å². The fraction of sp³-hybridized carbons (Fsp3) is 0.240. The van der Waals surface area contributed by atoms with Gasteiger partial charge in [0.2, 0.25) is 15.9 Å². The quantitative estimate of drug-likeness (QED) is 0.623. The van der Waals surface area contributed by atoms with Gasteiger partial charge in [-0.3, -0.25) is 4.79 Å². The van der Waals surface area contributed by atoms with Gasteiger partial charge in [0.15, 0.2) is 0 Å². The third-order valence-electron chi connectivity index (χ3n) is 5.62. The number of rotatable bonds is 6. The van der Waals surface area contributed by atoms with Crippen LogP contribution in [-0.4, -0.2) is 31.2 Å². The summed E-state index contributed by atoms with van der Waals surface area (Å²) in [5.41, 5.74) is 2.87. The van der Waals surface area contributed by atoms with E-state index in [-0.39, 0.29) is 10.8 Å². The second-order valence-electron chi connectivity index (χ2n) is 7.75. The highest BCUT2D eigenvalue weighted by Gasteiger charge is 2.37. The van der Waals surface area contributed by atoms with Gasteiger partial charge in [0.25, 0.3) is 0 Å². The number of piperidine rings is 1. The van der Waals surface area contributed by atoms with E-state index < -0.39 is 16.1 Å². The normalized spacial score (nSPS) is 17.2. The molecule has 0 saturated carbocycles. The Morgan fingerprint density at radius 2 is 1.52 bits per heavy atom. The number of hydrogen-bond acceptors (Lipinski definition) is 3. The highest BCUT2D eigenvalue weighted by atomic mass is 32.2. The SMILES string of the molecule is O=C(Nc1ccccc1Cc1ccccc1)[C@H]1CCCCN1S(=O)(=O)c1ccccc1. The minimum atomic E-state index is -3.73. The van der Waals surface area contributed by atoms with Gasteiger partial charge in [-0.1, -0.05) is 73.2 Å². The molecule has 3 aromatic rings. The Morgan fingerprint density at radius 1 is 0.871 bits per heavy atom. The lowest BCUT2D eigenvalue weighted by Crippen LogP contribution is -2.49. The number of nitrogens with one attached hydrogen (secondary N) is 1. The maximum Gasteiger partial charge on any atom is 0.243 e. The average Bonchev–Trinajstić information content (AvgIpc) is 2.81. The number of anilines is 1. The third-order valence-corrected chi connectivity index (χ3v) is 7.54. The average molecular weight is 435 g/mol. The molecule has 1 atom stereocenters. The van der Waals surface area contributed by atoms with Gasteiger partial charge in [-0.05, 0) is 48.6 Å². The Labute approximate surface area is 183 Å². The molecule has 1 aliphatic heterocycles. The van der Waals surface area contributed by atoms with E-state index in [1.165, 1.54) is 4.31 Å². The Hall–Kier alpha value is -2.96. The second kappa shape index (κ2) is 9.45. The summed E-state index contributed by atoms with van der Waals surface area (Å²) in [6, 6.07) is 25.4. The summed E-state index contributed by atoms with van der Waals surface area (Å²) in [4.78, 5) is 13.5. The van der Waals surface area contributed by atoms with Gasteiger partial charge in [-0.25, -0.2) is 8.42 Å². The van der Waals surface area contributed by atoms with Gasteiger partial charge < -0.3 is 5.32 Å². The molecule has 0 radical (unpaired) electrons. The molecule has 0 spiro atoms. The summed E-state index contributed by atoms with van der Waals surface area (Å²) in [5.74, 6) is -0.278. The van der Waals surface area contributed by atoms with Crippen molar-refractivity contribution in [1.29, 1.82) is 0 Å². The summed E-state index contributed by atoms with van der Waals surface area (Å²) >= 11 is 0. The monoisotopic (exact) mass is 434 g/mol. The molecule has 1 heterocycles. The van der Waals surface area contributed by atoms with E-state index in [9.17, 15) is 13.2 Å². The fourth-order valence-corrected chi connectivity index (χ4v) is 5.69.